The van der Waals surface area contributed by atoms with Crippen molar-refractivity contribution in [3.05, 3.63) is 52.6 Å². The van der Waals surface area contributed by atoms with Gasteiger partial charge >= 0.3 is 0 Å². The lowest BCUT2D eigenvalue weighted by Crippen LogP contribution is -3.14. The Kier molecular flexibility index (Phi) is 6.25. The van der Waals surface area contributed by atoms with Gasteiger partial charge in [0.1, 0.15) is 12.3 Å². The number of piperazine rings is 1. The number of ether oxygens (including phenoxy) is 2. The first kappa shape index (κ1) is 20.2. The van der Waals surface area contributed by atoms with E-state index in [1.54, 1.807) is 19.1 Å². The second-order valence-corrected chi connectivity index (χ2v) is 7.59. The number of hydrogen-bond donors (Lipinski definition) is 1. The molecule has 3 rings (SSSR count). The lowest BCUT2D eigenvalue weighted by Gasteiger charge is -2.37. The Balaban J connectivity index is 1.70. The minimum atomic E-state index is 0.391. The third kappa shape index (κ3) is 3.99. The van der Waals surface area contributed by atoms with Crippen LogP contribution >= 0.6 is 0 Å². The van der Waals surface area contributed by atoms with Crippen molar-refractivity contribution in [3.63, 3.8) is 0 Å². The average Bonchev–Trinajstić information content (AvgIpc) is 2.74. The van der Waals surface area contributed by atoms with Gasteiger partial charge in [-0.1, -0.05) is 0 Å². The number of aldehydes is 1. The van der Waals surface area contributed by atoms with Crippen molar-refractivity contribution in [3.8, 4) is 11.5 Å². The van der Waals surface area contributed by atoms with Crippen molar-refractivity contribution < 1.29 is 19.2 Å². The molecule has 1 atom stereocenters. The molecular weight excluding hydrogens is 352 g/mol. The molecular formula is C23H31N2O3+. The van der Waals surface area contributed by atoms with E-state index in [4.69, 9.17) is 9.47 Å². The molecule has 0 spiro atoms. The molecule has 5 nitrogen and oxygen atoms in total. The number of quaternary nitrogens is 1. The van der Waals surface area contributed by atoms with Gasteiger partial charge < -0.3 is 19.3 Å². The third-order valence-electron chi connectivity index (χ3n) is 5.98. The van der Waals surface area contributed by atoms with Crippen LogP contribution in [0.1, 0.15) is 40.0 Å². The summed E-state index contributed by atoms with van der Waals surface area (Å²) in [4.78, 5) is 15.2. The molecule has 1 N–H and O–H groups in total. The maximum atomic E-state index is 11.2. The maximum Gasteiger partial charge on any atom is 0.161 e. The molecule has 2 aromatic carbocycles. The van der Waals surface area contributed by atoms with Crippen LogP contribution in [0.4, 0.5) is 5.69 Å². The smallest absolute Gasteiger partial charge is 0.161 e. The highest BCUT2D eigenvalue weighted by molar-refractivity contribution is 5.79. The molecule has 28 heavy (non-hydrogen) atoms. The average molecular weight is 384 g/mol. The number of anilines is 1. The van der Waals surface area contributed by atoms with Crippen LogP contribution in [0.5, 0.6) is 11.5 Å². The Bertz CT molecular complexity index is 842. The molecule has 0 saturated carbocycles. The zero-order valence-corrected chi connectivity index (χ0v) is 17.5. The van der Waals surface area contributed by atoms with E-state index in [1.165, 1.54) is 16.8 Å². The highest BCUT2D eigenvalue weighted by Crippen LogP contribution is 2.29. The van der Waals surface area contributed by atoms with Crippen LogP contribution in [0.3, 0.4) is 0 Å². The van der Waals surface area contributed by atoms with Crippen molar-refractivity contribution in [1.29, 1.82) is 0 Å². The van der Waals surface area contributed by atoms with Gasteiger partial charge in [-0.3, -0.25) is 4.79 Å². The first-order valence-corrected chi connectivity index (χ1v) is 9.86. The Morgan fingerprint density at radius 2 is 1.68 bits per heavy atom. The molecule has 0 aliphatic carbocycles. The summed E-state index contributed by atoms with van der Waals surface area (Å²) in [7, 11) is 3.34. The van der Waals surface area contributed by atoms with Crippen LogP contribution in [0, 0.1) is 13.8 Å². The number of carbonyl (C=O) groups is 1. The Morgan fingerprint density at radius 1 is 1.00 bits per heavy atom. The molecule has 1 fully saturated rings. The summed E-state index contributed by atoms with van der Waals surface area (Å²) in [6.07, 6.45) is 0.943. The molecule has 0 radical (unpaired) electrons. The Labute approximate surface area is 167 Å². The summed E-state index contributed by atoms with van der Waals surface area (Å²) >= 11 is 0. The molecule has 1 saturated heterocycles. The van der Waals surface area contributed by atoms with Gasteiger partial charge in [-0.2, -0.15) is 0 Å². The molecule has 1 heterocycles. The summed E-state index contributed by atoms with van der Waals surface area (Å²) in [5, 5.41) is 0. The maximum absolute atomic E-state index is 11.2. The monoisotopic (exact) mass is 383 g/mol. The van der Waals surface area contributed by atoms with E-state index in [9.17, 15) is 4.79 Å². The predicted octanol–water partition coefficient (Wildman–Crippen LogP) is 2.60. The minimum absolute atomic E-state index is 0.391. The summed E-state index contributed by atoms with van der Waals surface area (Å²) in [6.45, 7) is 10.5. The largest absolute Gasteiger partial charge is 0.493 e. The molecule has 1 aliphatic heterocycles. The Morgan fingerprint density at radius 3 is 2.29 bits per heavy atom. The number of benzene rings is 2. The standard InChI is InChI=1S/C23H30N2O3/c1-16-13-21(17(2)12-20(16)15-26)25-10-8-24(9-11-25)18(3)19-6-7-22(27-4)23(14-19)28-5/h6-7,12-15,18H,8-11H2,1-5H3/p+1/t18-/m1/s1. The number of hydrogen-bond acceptors (Lipinski definition) is 4. The summed E-state index contributed by atoms with van der Waals surface area (Å²) < 4.78 is 10.8. The highest BCUT2D eigenvalue weighted by atomic mass is 16.5. The highest BCUT2D eigenvalue weighted by Gasteiger charge is 2.27. The van der Waals surface area contributed by atoms with Crippen LogP contribution in [0.25, 0.3) is 0 Å². The SMILES string of the molecule is COc1ccc([C@@H](C)[NH+]2CCN(c3cc(C)c(C=O)cc3C)CC2)cc1OC. The number of aryl methyl sites for hydroxylation is 2. The normalized spacial score (nSPS) is 16.0. The molecule has 0 amide bonds. The van der Waals surface area contributed by atoms with Crippen molar-refractivity contribution in [2.75, 3.05) is 45.3 Å². The van der Waals surface area contributed by atoms with E-state index < -0.39 is 0 Å². The molecule has 5 heteroatoms. The fourth-order valence-corrected chi connectivity index (χ4v) is 4.12. The van der Waals surface area contributed by atoms with Gasteiger partial charge in [-0.25, -0.2) is 0 Å². The van der Waals surface area contributed by atoms with Crippen molar-refractivity contribution >= 4 is 12.0 Å². The van der Waals surface area contributed by atoms with Gasteiger partial charge in [-0.05, 0) is 62.2 Å². The van der Waals surface area contributed by atoms with Crippen molar-refractivity contribution in [2.45, 2.75) is 26.8 Å². The van der Waals surface area contributed by atoms with E-state index in [1.807, 2.05) is 19.1 Å². The Hall–Kier alpha value is -2.53. The van der Waals surface area contributed by atoms with Gasteiger partial charge in [0.2, 0.25) is 0 Å². The van der Waals surface area contributed by atoms with Crippen LogP contribution in [0.15, 0.2) is 30.3 Å². The van der Waals surface area contributed by atoms with E-state index in [-0.39, 0.29) is 0 Å². The van der Waals surface area contributed by atoms with Gasteiger partial charge in [-0.15, -0.1) is 0 Å². The van der Waals surface area contributed by atoms with E-state index in [2.05, 4.69) is 36.9 Å². The van der Waals surface area contributed by atoms with Crippen LogP contribution in [-0.4, -0.2) is 46.7 Å². The zero-order chi connectivity index (χ0) is 20.3. The number of rotatable bonds is 6. The van der Waals surface area contributed by atoms with E-state index in [0.29, 0.717) is 6.04 Å². The first-order chi connectivity index (χ1) is 13.5. The number of nitrogens with zero attached hydrogens (tertiary/aromatic N) is 1. The minimum Gasteiger partial charge on any atom is -0.493 e. The van der Waals surface area contributed by atoms with Gasteiger partial charge in [0, 0.05) is 16.8 Å². The molecule has 1 aliphatic rings. The van der Waals surface area contributed by atoms with E-state index in [0.717, 1.165) is 55.1 Å². The number of carbonyl (C=O) groups excluding carboxylic acids is 1. The lowest BCUT2D eigenvalue weighted by molar-refractivity contribution is -0.930. The van der Waals surface area contributed by atoms with Crippen molar-refractivity contribution in [2.24, 2.45) is 0 Å². The molecule has 150 valence electrons. The van der Waals surface area contributed by atoms with Gasteiger partial charge in [0.25, 0.3) is 0 Å². The van der Waals surface area contributed by atoms with Gasteiger partial charge in [0.05, 0.1) is 40.4 Å². The topological polar surface area (TPSA) is 43.2 Å². The number of methoxy groups -OCH3 is 2. The second-order valence-electron chi connectivity index (χ2n) is 7.59. The fraction of sp³-hybridized carbons (Fsp3) is 0.435. The van der Waals surface area contributed by atoms with E-state index >= 15 is 0 Å². The quantitative estimate of drug-likeness (QED) is 0.779. The van der Waals surface area contributed by atoms with Crippen LogP contribution in [0.2, 0.25) is 0 Å². The summed E-state index contributed by atoms with van der Waals surface area (Å²) in [6, 6.07) is 10.8. The molecule has 0 aromatic heterocycles. The fourth-order valence-electron chi connectivity index (χ4n) is 4.12. The second kappa shape index (κ2) is 8.65. The molecule has 2 aromatic rings. The third-order valence-corrected chi connectivity index (χ3v) is 5.98. The summed E-state index contributed by atoms with van der Waals surface area (Å²) in [5.41, 5.74) is 5.52. The predicted molar refractivity (Wildman–Crippen MR) is 112 cm³/mol. The summed E-state index contributed by atoms with van der Waals surface area (Å²) in [5.74, 6) is 1.55. The lowest BCUT2D eigenvalue weighted by atomic mass is 10.0. The zero-order valence-electron chi connectivity index (χ0n) is 17.5. The molecule has 0 bridgehead atoms. The van der Waals surface area contributed by atoms with Crippen molar-refractivity contribution in [1.82, 2.24) is 0 Å². The van der Waals surface area contributed by atoms with Crippen LogP contribution in [-0.2, 0) is 0 Å². The van der Waals surface area contributed by atoms with Crippen LogP contribution < -0.4 is 19.3 Å². The molecule has 0 unspecified atom stereocenters. The first-order valence-electron chi connectivity index (χ1n) is 9.86. The van der Waals surface area contributed by atoms with Gasteiger partial charge in [0.15, 0.2) is 11.5 Å². The number of nitrogens with one attached hydrogen (secondary N) is 1.